The van der Waals surface area contributed by atoms with E-state index in [2.05, 4.69) is 45.4 Å². The molecule has 0 amide bonds. The number of halogens is 1. The maximum atomic E-state index is 10.5. The van der Waals surface area contributed by atoms with Crippen LogP contribution in [-0.4, -0.2) is 77.1 Å². The van der Waals surface area contributed by atoms with Crippen LogP contribution in [0.25, 0.3) is 0 Å². The average Bonchev–Trinajstić information content (AvgIpc) is 2.88. The second-order valence-electron chi connectivity index (χ2n) is 11.0. The van der Waals surface area contributed by atoms with E-state index in [4.69, 9.17) is 21.1 Å². The molecule has 1 aliphatic rings. The highest BCUT2D eigenvalue weighted by atomic mass is 35.5. The van der Waals surface area contributed by atoms with Crippen LogP contribution in [0.15, 0.2) is 66.7 Å². The monoisotopic (exact) mass is 542 g/mol. The summed E-state index contributed by atoms with van der Waals surface area (Å²) in [5, 5.41) is 40.7. The summed E-state index contributed by atoms with van der Waals surface area (Å²) in [4.78, 5) is 0. The summed E-state index contributed by atoms with van der Waals surface area (Å²) in [5.41, 5.74) is 4.85. The summed E-state index contributed by atoms with van der Waals surface area (Å²) in [6.45, 7) is 0.979. The van der Waals surface area contributed by atoms with Gasteiger partial charge in [0.25, 0.3) is 0 Å². The number of aliphatic hydroxyl groups is 4. The smallest absolute Gasteiger partial charge is 0.119 e. The molecule has 204 valence electrons. The third kappa shape index (κ3) is 7.12. The third-order valence-corrected chi connectivity index (χ3v) is 7.06. The van der Waals surface area contributed by atoms with E-state index in [-0.39, 0.29) is 0 Å². The lowest BCUT2D eigenvalue weighted by Crippen LogP contribution is -2.55. The zero-order valence-corrected chi connectivity index (χ0v) is 22.8. The molecule has 0 bridgehead atoms. The van der Waals surface area contributed by atoms with Crippen LogP contribution in [0.2, 0.25) is 5.02 Å². The lowest BCUT2D eigenvalue weighted by molar-refractivity contribution is -0.884. The quantitative estimate of drug-likeness (QED) is 0.310. The highest BCUT2D eigenvalue weighted by Gasteiger charge is 2.44. The highest BCUT2D eigenvalue weighted by Crippen LogP contribution is 2.34. The van der Waals surface area contributed by atoms with E-state index in [1.165, 1.54) is 5.56 Å². The van der Waals surface area contributed by atoms with Gasteiger partial charge in [-0.3, -0.25) is 0 Å². The SMILES string of the molecule is C[N+](C)(C)Cc1ccc(COc2ccc(Cc3cc([C@@H]4O[C@H](CO)[C@@H](O)[C@H](O)[C@H]4O)ccc3Cl)cc2)cc1. The van der Waals surface area contributed by atoms with Crippen molar-refractivity contribution in [1.29, 1.82) is 0 Å². The van der Waals surface area contributed by atoms with Crippen molar-refractivity contribution in [3.05, 3.63) is 99.6 Å². The van der Waals surface area contributed by atoms with Gasteiger partial charge in [0.1, 0.15) is 49.4 Å². The van der Waals surface area contributed by atoms with Gasteiger partial charge >= 0.3 is 0 Å². The van der Waals surface area contributed by atoms with Crippen molar-refractivity contribution in [2.45, 2.75) is 50.1 Å². The van der Waals surface area contributed by atoms with E-state index >= 15 is 0 Å². The summed E-state index contributed by atoms with van der Waals surface area (Å²) >= 11 is 6.47. The van der Waals surface area contributed by atoms with Gasteiger partial charge in [-0.25, -0.2) is 0 Å². The molecule has 4 N–H and O–H groups in total. The van der Waals surface area contributed by atoms with Gasteiger partial charge in [0, 0.05) is 10.6 Å². The molecule has 1 fully saturated rings. The fourth-order valence-electron chi connectivity index (χ4n) is 4.66. The van der Waals surface area contributed by atoms with E-state index in [0.717, 1.165) is 33.5 Å². The minimum Gasteiger partial charge on any atom is -0.489 e. The van der Waals surface area contributed by atoms with Crippen LogP contribution in [0.5, 0.6) is 5.75 Å². The summed E-state index contributed by atoms with van der Waals surface area (Å²) in [6, 6.07) is 21.6. The van der Waals surface area contributed by atoms with E-state index in [9.17, 15) is 20.4 Å². The third-order valence-electron chi connectivity index (χ3n) is 6.69. The van der Waals surface area contributed by atoms with Gasteiger partial charge in [0.2, 0.25) is 0 Å². The molecule has 38 heavy (non-hydrogen) atoms. The Labute approximate surface area is 229 Å². The molecule has 0 spiro atoms. The van der Waals surface area contributed by atoms with Gasteiger partial charge in [0.05, 0.1) is 27.7 Å². The Balaban J connectivity index is 1.39. The number of benzene rings is 3. The van der Waals surface area contributed by atoms with Crippen molar-refractivity contribution in [2.24, 2.45) is 0 Å². The number of ether oxygens (including phenoxy) is 2. The number of quaternary nitrogens is 1. The molecule has 0 saturated carbocycles. The van der Waals surface area contributed by atoms with E-state index in [0.29, 0.717) is 23.6 Å². The molecule has 7 nitrogen and oxygen atoms in total. The Morgan fingerprint density at radius 2 is 1.45 bits per heavy atom. The van der Waals surface area contributed by atoms with Crippen LogP contribution in [0, 0.1) is 0 Å². The van der Waals surface area contributed by atoms with Crippen molar-refractivity contribution in [1.82, 2.24) is 0 Å². The summed E-state index contributed by atoms with van der Waals surface area (Å²) in [5.74, 6) is 0.769. The maximum Gasteiger partial charge on any atom is 0.119 e. The predicted octanol–water partition coefficient (Wildman–Crippen LogP) is 3.23. The Morgan fingerprint density at radius 1 is 0.816 bits per heavy atom. The van der Waals surface area contributed by atoms with Crippen molar-refractivity contribution in [2.75, 3.05) is 27.7 Å². The Morgan fingerprint density at radius 3 is 2.08 bits per heavy atom. The van der Waals surface area contributed by atoms with E-state index < -0.39 is 37.1 Å². The maximum absolute atomic E-state index is 10.5. The summed E-state index contributed by atoms with van der Waals surface area (Å²) < 4.78 is 12.6. The second kappa shape index (κ2) is 12.1. The first kappa shape index (κ1) is 28.5. The Kier molecular flexibility index (Phi) is 9.11. The molecule has 1 heterocycles. The van der Waals surface area contributed by atoms with Gasteiger partial charge < -0.3 is 34.4 Å². The second-order valence-corrected chi connectivity index (χ2v) is 11.4. The Hall–Kier alpha value is -2.49. The van der Waals surface area contributed by atoms with Crippen LogP contribution >= 0.6 is 11.6 Å². The molecule has 1 saturated heterocycles. The average molecular weight is 543 g/mol. The van der Waals surface area contributed by atoms with Crippen molar-refractivity contribution >= 4 is 11.6 Å². The van der Waals surface area contributed by atoms with Gasteiger partial charge in [-0.15, -0.1) is 0 Å². The first-order valence-corrected chi connectivity index (χ1v) is 13.1. The summed E-state index contributed by atoms with van der Waals surface area (Å²) in [6.07, 6.45) is -5.50. The molecular weight excluding hydrogens is 506 g/mol. The molecule has 8 heteroatoms. The number of rotatable bonds is 9. The highest BCUT2D eigenvalue weighted by molar-refractivity contribution is 6.31. The number of hydrogen-bond acceptors (Lipinski definition) is 6. The van der Waals surface area contributed by atoms with Crippen LogP contribution in [0.3, 0.4) is 0 Å². The molecule has 0 aromatic heterocycles. The van der Waals surface area contributed by atoms with Gasteiger partial charge in [-0.2, -0.15) is 0 Å². The number of nitrogens with zero attached hydrogens (tertiary/aromatic N) is 1. The lowest BCUT2D eigenvalue weighted by atomic mass is 9.90. The fourth-order valence-corrected chi connectivity index (χ4v) is 4.85. The van der Waals surface area contributed by atoms with E-state index in [1.54, 1.807) is 12.1 Å². The lowest BCUT2D eigenvalue weighted by Gasteiger charge is -2.40. The topological polar surface area (TPSA) is 99.4 Å². The molecule has 1 aliphatic heterocycles. The molecule has 0 radical (unpaired) electrons. The largest absolute Gasteiger partial charge is 0.489 e. The minimum absolute atomic E-state index is 0.474. The van der Waals surface area contributed by atoms with E-state index in [1.807, 2.05) is 30.3 Å². The fraction of sp³-hybridized carbons (Fsp3) is 0.400. The van der Waals surface area contributed by atoms with Gasteiger partial charge in [-0.05, 0) is 46.9 Å². The van der Waals surface area contributed by atoms with Gasteiger partial charge in [0.15, 0.2) is 0 Å². The zero-order chi connectivity index (χ0) is 27.4. The van der Waals surface area contributed by atoms with Crippen LogP contribution in [-0.2, 0) is 24.3 Å². The standard InChI is InChI=1S/C30H37ClNO6/c1-32(2,3)16-20-4-6-21(7-5-20)18-37-24-11-8-19(9-12-24)14-23-15-22(10-13-25(23)31)30-29(36)28(35)27(34)26(17-33)38-30/h4-13,15,26-30,33-36H,14,16-18H2,1-3H3/q+1/t26-,27-,28+,29-,30+/m1/s1. The van der Waals surface area contributed by atoms with Crippen molar-refractivity contribution < 1.29 is 34.4 Å². The first-order chi connectivity index (χ1) is 18.0. The molecule has 0 aliphatic carbocycles. The number of aliphatic hydroxyl groups excluding tert-OH is 4. The van der Waals surface area contributed by atoms with Crippen molar-refractivity contribution in [3.8, 4) is 5.75 Å². The molecule has 0 unspecified atom stereocenters. The van der Waals surface area contributed by atoms with Crippen LogP contribution in [0.4, 0.5) is 0 Å². The predicted molar refractivity (Wildman–Crippen MR) is 146 cm³/mol. The molecule has 5 atom stereocenters. The summed E-state index contributed by atoms with van der Waals surface area (Å²) in [7, 11) is 6.52. The molecule has 3 aromatic carbocycles. The van der Waals surface area contributed by atoms with Crippen molar-refractivity contribution in [3.63, 3.8) is 0 Å². The molecule has 3 aromatic rings. The Bertz CT molecular complexity index is 1190. The number of hydrogen-bond donors (Lipinski definition) is 4. The van der Waals surface area contributed by atoms with Crippen LogP contribution in [0.1, 0.15) is 33.9 Å². The normalized spacial score (nSPS) is 23.8. The van der Waals surface area contributed by atoms with Gasteiger partial charge in [-0.1, -0.05) is 60.1 Å². The van der Waals surface area contributed by atoms with Crippen LogP contribution < -0.4 is 4.74 Å². The minimum atomic E-state index is -1.43. The molecule has 4 rings (SSSR count). The zero-order valence-electron chi connectivity index (χ0n) is 22.0. The first-order valence-electron chi connectivity index (χ1n) is 12.7. The molecular formula is C30H37ClNO6+.